The second-order valence-corrected chi connectivity index (χ2v) is 5.26. The Hall–Kier alpha value is -2.20. The van der Waals surface area contributed by atoms with Crippen LogP contribution in [0.5, 0.6) is 5.75 Å². The van der Waals surface area contributed by atoms with E-state index in [1.807, 2.05) is 19.9 Å². The van der Waals surface area contributed by atoms with Crippen LogP contribution in [0.4, 0.5) is 11.4 Å². The summed E-state index contributed by atoms with van der Waals surface area (Å²) < 4.78 is 5.49. The molecule has 2 aromatic rings. The number of nitrogen functional groups attached to an aromatic ring is 1. The maximum absolute atomic E-state index is 11.9. The predicted octanol–water partition coefficient (Wildman–Crippen LogP) is 3.56. The maximum atomic E-state index is 11.9. The fourth-order valence-corrected chi connectivity index (χ4v) is 2.11. The van der Waals surface area contributed by atoms with Gasteiger partial charge in [0.25, 0.3) is 5.91 Å². The number of nitrogens with one attached hydrogen (secondary N) is 1. The molecule has 5 heteroatoms. The van der Waals surface area contributed by atoms with Crippen molar-refractivity contribution in [2.45, 2.75) is 13.8 Å². The highest BCUT2D eigenvalue weighted by atomic mass is 35.5. The highest BCUT2D eigenvalue weighted by Gasteiger charge is 2.07. The number of benzene rings is 2. The summed E-state index contributed by atoms with van der Waals surface area (Å²) in [4.78, 5) is 11.9. The van der Waals surface area contributed by atoms with Gasteiger partial charge in [0.2, 0.25) is 0 Å². The molecule has 0 saturated heterocycles. The van der Waals surface area contributed by atoms with Crippen molar-refractivity contribution in [1.82, 2.24) is 0 Å². The number of anilines is 2. The molecule has 0 spiro atoms. The van der Waals surface area contributed by atoms with Crippen molar-refractivity contribution >= 4 is 28.9 Å². The van der Waals surface area contributed by atoms with E-state index < -0.39 is 0 Å². The van der Waals surface area contributed by atoms with Gasteiger partial charge >= 0.3 is 0 Å². The number of amides is 1. The summed E-state index contributed by atoms with van der Waals surface area (Å²) in [6.45, 7) is 3.71. The number of halogens is 1. The van der Waals surface area contributed by atoms with Gasteiger partial charge in [-0.2, -0.15) is 0 Å². The van der Waals surface area contributed by atoms with Crippen molar-refractivity contribution in [2.24, 2.45) is 0 Å². The van der Waals surface area contributed by atoms with Gasteiger partial charge < -0.3 is 15.8 Å². The Balaban J connectivity index is 1.97. The van der Waals surface area contributed by atoms with E-state index in [1.165, 1.54) is 0 Å². The molecule has 0 aliphatic rings. The molecule has 1 amide bonds. The van der Waals surface area contributed by atoms with E-state index in [9.17, 15) is 4.79 Å². The third-order valence-electron chi connectivity index (χ3n) is 3.03. The van der Waals surface area contributed by atoms with E-state index >= 15 is 0 Å². The molecule has 0 bridgehead atoms. The zero-order valence-electron chi connectivity index (χ0n) is 11.9. The van der Waals surface area contributed by atoms with E-state index in [0.717, 1.165) is 11.1 Å². The lowest BCUT2D eigenvalue weighted by Gasteiger charge is -2.11. The molecule has 21 heavy (non-hydrogen) atoms. The summed E-state index contributed by atoms with van der Waals surface area (Å²) in [5, 5.41) is 3.42. The first kappa shape index (κ1) is 15.2. The first-order valence-corrected chi connectivity index (χ1v) is 6.88. The lowest BCUT2D eigenvalue weighted by atomic mass is 10.2. The van der Waals surface area contributed by atoms with E-state index in [-0.39, 0.29) is 12.5 Å². The van der Waals surface area contributed by atoms with Crippen LogP contribution in [0.15, 0.2) is 36.4 Å². The summed E-state index contributed by atoms with van der Waals surface area (Å²) in [6, 6.07) is 10.6. The molecule has 3 N–H and O–H groups in total. The number of carbonyl (C=O) groups is 1. The molecule has 0 aliphatic heterocycles. The van der Waals surface area contributed by atoms with E-state index in [4.69, 9.17) is 22.1 Å². The molecule has 0 fully saturated rings. The Bertz CT molecular complexity index is 671. The van der Waals surface area contributed by atoms with Gasteiger partial charge in [-0.3, -0.25) is 4.79 Å². The summed E-state index contributed by atoms with van der Waals surface area (Å²) in [5.74, 6) is 0.400. The summed E-state index contributed by atoms with van der Waals surface area (Å²) in [5.41, 5.74) is 8.83. The third kappa shape index (κ3) is 4.13. The molecular formula is C16H17ClN2O2. The van der Waals surface area contributed by atoms with Crippen molar-refractivity contribution in [3.8, 4) is 5.75 Å². The lowest BCUT2D eigenvalue weighted by molar-refractivity contribution is -0.118. The second kappa shape index (κ2) is 6.50. The summed E-state index contributed by atoms with van der Waals surface area (Å²) >= 11 is 5.87. The highest BCUT2D eigenvalue weighted by Crippen LogP contribution is 2.22. The first-order chi connectivity index (χ1) is 9.95. The Kier molecular flexibility index (Phi) is 4.70. The summed E-state index contributed by atoms with van der Waals surface area (Å²) in [6.07, 6.45) is 0. The molecule has 0 unspecified atom stereocenters. The van der Waals surface area contributed by atoms with E-state index in [0.29, 0.717) is 22.1 Å². The lowest BCUT2D eigenvalue weighted by Crippen LogP contribution is -2.21. The van der Waals surface area contributed by atoms with Crippen molar-refractivity contribution in [1.29, 1.82) is 0 Å². The van der Waals surface area contributed by atoms with Crippen LogP contribution in [0.2, 0.25) is 5.02 Å². The van der Waals surface area contributed by atoms with Gasteiger partial charge in [0.05, 0.1) is 0 Å². The minimum absolute atomic E-state index is 0.0727. The fraction of sp³-hybridized carbons (Fsp3) is 0.188. The number of carbonyl (C=O) groups excluding carboxylic acids is 1. The second-order valence-electron chi connectivity index (χ2n) is 4.82. The normalized spacial score (nSPS) is 10.2. The minimum Gasteiger partial charge on any atom is -0.483 e. The fourth-order valence-electron chi connectivity index (χ4n) is 1.88. The molecule has 4 nitrogen and oxygen atoms in total. The zero-order chi connectivity index (χ0) is 15.4. The average Bonchev–Trinajstić information content (AvgIpc) is 2.42. The predicted molar refractivity (Wildman–Crippen MR) is 85.9 cm³/mol. The molecule has 0 heterocycles. The SMILES string of the molecule is Cc1ccc(N)cc1NC(=O)COc1ccc(Cl)cc1C. The topological polar surface area (TPSA) is 64.3 Å². The quantitative estimate of drug-likeness (QED) is 0.849. The van der Waals surface area contributed by atoms with Crippen molar-refractivity contribution in [3.63, 3.8) is 0 Å². The van der Waals surface area contributed by atoms with Gasteiger partial charge in [0, 0.05) is 16.4 Å². The van der Waals surface area contributed by atoms with Crippen LogP contribution in [0.25, 0.3) is 0 Å². The number of hydrogen-bond acceptors (Lipinski definition) is 3. The van der Waals surface area contributed by atoms with Crippen molar-refractivity contribution in [3.05, 3.63) is 52.5 Å². The largest absolute Gasteiger partial charge is 0.483 e. The minimum atomic E-state index is -0.238. The highest BCUT2D eigenvalue weighted by molar-refractivity contribution is 6.30. The number of rotatable bonds is 4. The number of aryl methyl sites for hydroxylation is 2. The Morgan fingerprint density at radius 3 is 2.67 bits per heavy atom. The average molecular weight is 305 g/mol. The zero-order valence-corrected chi connectivity index (χ0v) is 12.7. The smallest absolute Gasteiger partial charge is 0.262 e. The van der Waals surface area contributed by atoms with Crippen LogP contribution in [0, 0.1) is 13.8 Å². The van der Waals surface area contributed by atoms with Crippen LogP contribution in [0.1, 0.15) is 11.1 Å². The van der Waals surface area contributed by atoms with E-state index in [2.05, 4.69) is 5.32 Å². The van der Waals surface area contributed by atoms with Gasteiger partial charge in [-0.05, 0) is 55.3 Å². The van der Waals surface area contributed by atoms with Gasteiger partial charge in [-0.15, -0.1) is 0 Å². The van der Waals surface area contributed by atoms with Crippen LogP contribution < -0.4 is 15.8 Å². The van der Waals surface area contributed by atoms with Crippen LogP contribution in [-0.2, 0) is 4.79 Å². The molecule has 0 radical (unpaired) electrons. The maximum Gasteiger partial charge on any atom is 0.262 e. The van der Waals surface area contributed by atoms with Gasteiger partial charge in [-0.1, -0.05) is 17.7 Å². The number of ether oxygens (including phenoxy) is 1. The molecule has 0 atom stereocenters. The molecule has 110 valence electrons. The number of nitrogens with two attached hydrogens (primary N) is 1. The van der Waals surface area contributed by atoms with Crippen molar-refractivity contribution in [2.75, 3.05) is 17.7 Å². The first-order valence-electron chi connectivity index (χ1n) is 6.50. The van der Waals surface area contributed by atoms with Gasteiger partial charge in [0.15, 0.2) is 6.61 Å². The molecule has 0 aromatic heterocycles. The van der Waals surface area contributed by atoms with Crippen LogP contribution in [-0.4, -0.2) is 12.5 Å². The Morgan fingerprint density at radius 2 is 1.95 bits per heavy atom. The summed E-state index contributed by atoms with van der Waals surface area (Å²) in [7, 11) is 0. The Labute approximate surface area is 128 Å². The van der Waals surface area contributed by atoms with Gasteiger partial charge in [0.1, 0.15) is 5.75 Å². The standard InChI is InChI=1S/C16H17ClN2O2/c1-10-3-5-13(18)8-14(10)19-16(20)9-21-15-6-4-12(17)7-11(15)2/h3-8H,9,18H2,1-2H3,(H,19,20). The van der Waals surface area contributed by atoms with Crippen LogP contribution >= 0.6 is 11.6 Å². The molecular weight excluding hydrogens is 288 g/mol. The van der Waals surface area contributed by atoms with Crippen LogP contribution in [0.3, 0.4) is 0 Å². The third-order valence-corrected chi connectivity index (χ3v) is 3.27. The molecule has 2 rings (SSSR count). The molecule has 0 saturated carbocycles. The molecule has 2 aromatic carbocycles. The van der Waals surface area contributed by atoms with Gasteiger partial charge in [-0.25, -0.2) is 0 Å². The monoisotopic (exact) mass is 304 g/mol. The number of hydrogen-bond donors (Lipinski definition) is 2. The van der Waals surface area contributed by atoms with Crippen molar-refractivity contribution < 1.29 is 9.53 Å². The Morgan fingerprint density at radius 1 is 1.19 bits per heavy atom. The molecule has 0 aliphatic carbocycles. The van der Waals surface area contributed by atoms with E-state index in [1.54, 1.807) is 30.3 Å².